The largest absolute Gasteiger partial charge is 0.550 e. The Hall–Kier alpha value is -3.05. The molecule has 0 bridgehead atoms. The second kappa shape index (κ2) is 8.10. The molecule has 0 N–H and O–H groups in total. The molecule has 0 aliphatic rings. The smallest absolute Gasteiger partial charge is 0.337 e. The SMILES string of the molecule is COC(=O)c1cccc(-n2c(CCC(=O)[O-])ccc2-c2ccc(Cl)cc2)c1. The minimum absolute atomic E-state index is 0.0965. The number of hydrogen-bond acceptors (Lipinski definition) is 4. The van der Waals surface area contributed by atoms with Crippen molar-refractivity contribution in [3.8, 4) is 16.9 Å². The van der Waals surface area contributed by atoms with Crippen molar-refractivity contribution in [2.24, 2.45) is 0 Å². The first kappa shape index (κ1) is 18.7. The summed E-state index contributed by atoms with van der Waals surface area (Å²) in [6.45, 7) is 0. The van der Waals surface area contributed by atoms with E-state index in [9.17, 15) is 14.7 Å². The maximum Gasteiger partial charge on any atom is 0.337 e. The molecule has 3 aromatic rings. The fraction of sp³-hybridized carbons (Fsp3) is 0.143. The van der Waals surface area contributed by atoms with E-state index in [1.54, 1.807) is 30.3 Å². The summed E-state index contributed by atoms with van der Waals surface area (Å²) in [5, 5.41) is 11.5. The van der Waals surface area contributed by atoms with Crippen molar-refractivity contribution in [3.05, 3.63) is 76.9 Å². The minimum atomic E-state index is -1.11. The standard InChI is InChI=1S/C21H18ClNO4/c1-27-21(26)15-3-2-4-18(13-15)23-17(10-12-20(24)25)9-11-19(23)14-5-7-16(22)8-6-14/h2-9,11,13H,10,12H2,1H3,(H,24,25)/p-1. The van der Waals surface area contributed by atoms with Crippen LogP contribution in [0.2, 0.25) is 5.02 Å². The van der Waals surface area contributed by atoms with Gasteiger partial charge in [-0.2, -0.15) is 0 Å². The van der Waals surface area contributed by atoms with Crippen LogP contribution >= 0.6 is 11.6 Å². The number of benzene rings is 2. The molecule has 2 aromatic carbocycles. The summed E-state index contributed by atoms with van der Waals surface area (Å²) in [6, 6.07) is 18.2. The lowest BCUT2D eigenvalue weighted by molar-refractivity contribution is -0.305. The zero-order valence-electron chi connectivity index (χ0n) is 14.6. The number of aliphatic carboxylic acids is 1. The van der Waals surface area contributed by atoms with Crippen molar-refractivity contribution < 1.29 is 19.4 Å². The predicted octanol–water partition coefficient (Wildman–Crippen LogP) is 3.27. The van der Waals surface area contributed by atoms with Gasteiger partial charge in [0.25, 0.3) is 0 Å². The van der Waals surface area contributed by atoms with E-state index in [0.29, 0.717) is 17.0 Å². The van der Waals surface area contributed by atoms with Gasteiger partial charge in [-0.1, -0.05) is 29.8 Å². The summed E-state index contributed by atoms with van der Waals surface area (Å²) in [5.41, 5.74) is 3.73. The van der Waals surface area contributed by atoms with E-state index in [2.05, 4.69) is 0 Å². The fourth-order valence-corrected chi connectivity index (χ4v) is 3.07. The maximum absolute atomic E-state index is 11.9. The molecule has 1 aromatic heterocycles. The van der Waals surface area contributed by atoms with Crippen LogP contribution in [0.15, 0.2) is 60.7 Å². The highest BCUT2D eigenvalue weighted by molar-refractivity contribution is 6.30. The van der Waals surface area contributed by atoms with Crippen LogP contribution in [-0.2, 0) is 16.0 Å². The molecule has 1 heterocycles. The molecule has 0 spiro atoms. The predicted molar refractivity (Wildman–Crippen MR) is 101 cm³/mol. The average Bonchev–Trinajstić information content (AvgIpc) is 3.10. The third kappa shape index (κ3) is 4.20. The molecule has 0 unspecified atom stereocenters. The molecular weight excluding hydrogens is 366 g/mol. The second-order valence-electron chi connectivity index (χ2n) is 5.97. The van der Waals surface area contributed by atoms with E-state index in [1.165, 1.54) is 7.11 Å². The topological polar surface area (TPSA) is 71.4 Å². The number of nitrogens with zero attached hydrogens (tertiary/aromatic N) is 1. The van der Waals surface area contributed by atoms with E-state index in [4.69, 9.17) is 16.3 Å². The molecule has 138 valence electrons. The van der Waals surface area contributed by atoms with Crippen molar-refractivity contribution in [1.29, 1.82) is 0 Å². The normalized spacial score (nSPS) is 10.6. The van der Waals surface area contributed by atoms with Gasteiger partial charge in [0, 0.05) is 22.4 Å². The Morgan fingerprint density at radius 2 is 1.81 bits per heavy atom. The van der Waals surface area contributed by atoms with Crippen molar-refractivity contribution in [3.63, 3.8) is 0 Å². The number of carboxylic acids is 1. The Kier molecular flexibility index (Phi) is 5.62. The van der Waals surface area contributed by atoms with E-state index >= 15 is 0 Å². The summed E-state index contributed by atoms with van der Waals surface area (Å²) in [7, 11) is 1.33. The molecule has 0 fully saturated rings. The molecule has 0 radical (unpaired) electrons. The van der Waals surface area contributed by atoms with Crippen LogP contribution in [0.3, 0.4) is 0 Å². The lowest BCUT2D eigenvalue weighted by Gasteiger charge is -2.15. The molecule has 0 saturated carbocycles. The second-order valence-corrected chi connectivity index (χ2v) is 6.40. The van der Waals surface area contributed by atoms with Gasteiger partial charge in [-0.3, -0.25) is 0 Å². The van der Waals surface area contributed by atoms with E-state index in [0.717, 1.165) is 22.6 Å². The maximum atomic E-state index is 11.9. The minimum Gasteiger partial charge on any atom is -0.550 e. The average molecular weight is 383 g/mol. The first-order valence-corrected chi connectivity index (χ1v) is 8.72. The van der Waals surface area contributed by atoms with Crippen LogP contribution in [0.5, 0.6) is 0 Å². The third-order valence-corrected chi connectivity index (χ3v) is 4.46. The first-order valence-electron chi connectivity index (χ1n) is 8.35. The van der Waals surface area contributed by atoms with Crippen LogP contribution < -0.4 is 5.11 Å². The van der Waals surface area contributed by atoms with Gasteiger partial charge in [-0.25, -0.2) is 4.79 Å². The zero-order valence-corrected chi connectivity index (χ0v) is 15.4. The summed E-state index contributed by atoms with van der Waals surface area (Å²) in [5.74, 6) is -1.55. The number of carbonyl (C=O) groups excluding carboxylic acids is 2. The Bertz CT molecular complexity index is 976. The Morgan fingerprint density at radius 3 is 2.48 bits per heavy atom. The number of ether oxygens (including phenoxy) is 1. The van der Waals surface area contributed by atoms with Crippen molar-refractivity contribution in [2.45, 2.75) is 12.8 Å². The van der Waals surface area contributed by atoms with Crippen LogP contribution in [0.1, 0.15) is 22.5 Å². The number of aryl methyl sites for hydroxylation is 1. The summed E-state index contributed by atoms with van der Waals surface area (Å²) in [4.78, 5) is 22.8. The van der Waals surface area contributed by atoms with Gasteiger partial charge < -0.3 is 19.2 Å². The van der Waals surface area contributed by atoms with Crippen molar-refractivity contribution in [2.75, 3.05) is 7.11 Å². The van der Waals surface area contributed by atoms with Crippen molar-refractivity contribution in [1.82, 2.24) is 4.57 Å². The molecule has 5 nitrogen and oxygen atoms in total. The Morgan fingerprint density at radius 1 is 1.07 bits per heavy atom. The van der Waals surface area contributed by atoms with Crippen LogP contribution in [0, 0.1) is 0 Å². The number of halogens is 1. The van der Waals surface area contributed by atoms with Crippen LogP contribution in [0.25, 0.3) is 16.9 Å². The number of rotatable bonds is 6. The molecule has 3 rings (SSSR count). The van der Waals surface area contributed by atoms with Gasteiger partial charge in [0.1, 0.15) is 0 Å². The molecule has 0 atom stereocenters. The molecule has 0 amide bonds. The Balaban J connectivity index is 2.13. The number of aromatic nitrogens is 1. The number of carbonyl (C=O) groups is 2. The lowest BCUT2D eigenvalue weighted by atomic mass is 10.1. The molecule has 0 saturated heterocycles. The van der Waals surface area contributed by atoms with Gasteiger partial charge in [-0.15, -0.1) is 0 Å². The number of carboxylic acid groups (broad SMARTS) is 1. The zero-order chi connectivity index (χ0) is 19.4. The summed E-state index contributed by atoms with van der Waals surface area (Å²) < 4.78 is 6.73. The number of esters is 1. The first-order chi connectivity index (χ1) is 13.0. The van der Waals surface area contributed by atoms with Crippen LogP contribution in [0.4, 0.5) is 0 Å². The van der Waals surface area contributed by atoms with Gasteiger partial charge in [0.05, 0.1) is 18.4 Å². The highest BCUT2D eigenvalue weighted by Gasteiger charge is 2.14. The number of hydrogen-bond donors (Lipinski definition) is 0. The fourth-order valence-electron chi connectivity index (χ4n) is 2.94. The van der Waals surface area contributed by atoms with Gasteiger partial charge in [0.15, 0.2) is 0 Å². The Labute approximate surface area is 161 Å². The number of methoxy groups -OCH3 is 1. The molecule has 0 aliphatic heterocycles. The molecule has 6 heteroatoms. The summed E-state index contributed by atoms with van der Waals surface area (Å²) in [6.07, 6.45) is 0.207. The van der Waals surface area contributed by atoms with E-state index in [-0.39, 0.29) is 6.42 Å². The van der Waals surface area contributed by atoms with Crippen LogP contribution in [-0.4, -0.2) is 23.6 Å². The van der Waals surface area contributed by atoms with Gasteiger partial charge >= 0.3 is 5.97 Å². The van der Waals surface area contributed by atoms with Gasteiger partial charge in [0.2, 0.25) is 0 Å². The van der Waals surface area contributed by atoms with E-state index in [1.807, 2.05) is 34.9 Å². The molecular formula is C21H17ClNO4-. The highest BCUT2D eigenvalue weighted by Crippen LogP contribution is 2.29. The quantitative estimate of drug-likeness (QED) is 0.613. The lowest BCUT2D eigenvalue weighted by Crippen LogP contribution is -2.22. The monoisotopic (exact) mass is 382 g/mol. The molecule has 0 aliphatic carbocycles. The third-order valence-electron chi connectivity index (χ3n) is 4.21. The highest BCUT2D eigenvalue weighted by atomic mass is 35.5. The van der Waals surface area contributed by atoms with E-state index < -0.39 is 11.9 Å². The molecule has 27 heavy (non-hydrogen) atoms. The van der Waals surface area contributed by atoms with Crippen molar-refractivity contribution >= 4 is 23.5 Å². The van der Waals surface area contributed by atoms with Gasteiger partial charge in [-0.05, 0) is 60.9 Å². The summed E-state index contributed by atoms with van der Waals surface area (Å²) >= 11 is 5.99.